The first-order valence-corrected chi connectivity index (χ1v) is 3.18. The van der Waals surface area contributed by atoms with Crippen LogP contribution in [0.4, 0.5) is 5.82 Å². The molecule has 0 radical (unpaired) electrons. The Morgan fingerprint density at radius 2 is 2.20 bits per heavy atom. The van der Waals surface area contributed by atoms with Crippen molar-refractivity contribution in [3.8, 4) is 0 Å². The lowest BCUT2D eigenvalue weighted by atomic mass is 10.2. The summed E-state index contributed by atoms with van der Waals surface area (Å²) in [6.45, 7) is 1.88. The molecule has 0 spiro atoms. The molecular weight excluding hydrogens is 126 g/mol. The summed E-state index contributed by atoms with van der Waals surface area (Å²) in [5.74, 6) is 0.523. The lowest BCUT2D eigenvalue weighted by molar-refractivity contribution is 0.783. The van der Waals surface area contributed by atoms with Gasteiger partial charge in [0.05, 0.1) is 5.69 Å². The average Bonchev–Trinajstić information content (AvgIpc) is 1.88. The second-order valence-electron chi connectivity index (χ2n) is 2.28. The summed E-state index contributed by atoms with van der Waals surface area (Å²) >= 11 is 0. The van der Waals surface area contributed by atoms with Crippen molar-refractivity contribution in [2.45, 2.75) is 13.0 Å². The minimum absolute atomic E-state index is 0.0384. The molecule has 0 unspecified atom stereocenters. The average molecular weight is 137 g/mol. The van der Waals surface area contributed by atoms with E-state index in [1.54, 1.807) is 6.07 Å². The molecule has 0 amide bonds. The van der Waals surface area contributed by atoms with Gasteiger partial charge in [-0.05, 0) is 19.1 Å². The fourth-order valence-corrected chi connectivity index (χ4v) is 0.722. The van der Waals surface area contributed by atoms with Crippen molar-refractivity contribution in [2.75, 3.05) is 5.73 Å². The highest BCUT2D eigenvalue weighted by Crippen LogP contribution is 2.06. The zero-order valence-corrected chi connectivity index (χ0v) is 5.91. The topological polar surface area (TPSA) is 64.9 Å². The van der Waals surface area contributed by atoms with Gasteiger partial charge in [-0.3, -0.25) is 0 Å². The number of nitrogen functional groups attached to an aromatic ring is 1. The standard InChI is InChI=1S/C7H11N3/c1-5(8)6-3-2-4-7(9)10-6/h2-5H,8H2,1H3,(H2,9,10)/t5-/m1/s1. The van der Waals surface area contributed by atoms with Crippen molar-refractivity contribution in [2.24, 2.45) is 5.73 Å². The Labute approximate surface area is 60.1 Å². The van der Waals surface area contributed by atoms with Crippen molar-refractivity contribution in [1.29, 1.82) is 0 Å². The van der Waals surface area contributed by atoms with Crippen molar-refractivity contribution in [3.63, 3.8) is 0 Å². The quantitative estimate of drug-likeness (QED) is 0.598. The van der Waals surface area contributed by atoms with Gasteiger partial charge < -0.3 is 11.5 Å². The maximum Gasteiger partial charge on any atom is 0.123 e. The van der Waals surface area contributed by atoms with Crippen molar-refractivity contribution in [3.05, 3.63) is 23.9 Å². The highest BCUT2D eigenvalue weighted by Gasteiger charge is 1.98. The number of hydrogen-bond donors (Lipinski definition) is 2. The first-order chi connectivity index (χ1) is 4.70. The number of aromatic nitrogens is 1. The molecule has 1 heterocycles. The summed E-state index contributed by atoms with van der Waals surface area (Å²) in [6, 6.07) is 5.41. The van der Waals surface area contributed by atoms with Gasteiger partial charge in [0.2, 0.25) is 0 Å². The summed E-state index contributed by atoms with van der Waals surface area (Å²) < 4.78 is 0. The molecule has 3 heteroatoms. The van der Waals surface area contributed by atoms with Gasteiger partial charge in [-0.1, -0.05) is 6.07 Å². The smallest absolute Gasteiger partial charge is 0.123 e. The van der Waals surface area contributed by atoms with Crippen molar-refractivity contribution < 1.29 is 0 Å². The van der Waals surface area contributed by atoms with E-state index < -0.39 is 0 Å². The maximum atomic E-state index is 5.56. The molecule has 3 nitrogen and oxygen atoms in total. The third kappa shape index (κ3) is 1.45. The first-order valence-electron chi connectivity index (χ1n) is 3.18. The van der Waals surface area contributed by atoms with E-state index >= 15 is 0 Å². The molecule has 1 aromatic rings. The third-order valence-electron chi connectivity index (χ3n) is 1.26. The van der Waals surface area contributed by atoms with Gasteiger partial charge in [-0.25, -0.2) is 4.98 Å². The van der Waals surface area contributed by atoms with Crippen LogP contribution in [0.5, 0.6) is 0 Å². The fourth-order valence-electron chi connectivity index (χ4n) is 0.722. The molecule has 54 valence electrons. The molecule has 0 aliphatic rings. The van der Waals surface area contributed by atoms with Crippen LogP contribution in [0.3, 0.4) is 0 Å². The highest BCUT2D eigenvalue weighted by molar-refractivity contribution is 5.29. The van der Waals surface area contributed by atoms with Crippen LogP contribution in [-0.2, 0) is 0 Å². The molecule has 0 aromatic carbocycles. The number of rotatable bonds is 1. The Hall–Kier alpha value is -1.09. The highest BCUT2D eigenvalue weighted by atomic mass is 14.9. The minimum Gasteiger partial charge on any atom is -0.384 e. The first kappa shape index (κ1) is 7.02. The van der Waals surface area contributed by atoms with E-state index in [0.717, 1.165) is 5.69 Å². The van der Waals surface area contributed by atoms with E-state index in [1.165, 1.54) is 0 Å². The minimum atomic E-state index is -0.0384. The van der Waals surface area contributed by atoms with Crippen LogP contribution in [0.15, 0.2) is 18.2 Å². The lowest BCUT2D eigenvalue weighted by Crippen LogP contribution is -2.07. The Kier molecular flexibility index (Phi) is 1.87. The van der Waals surface area contributed by atoms with Crippen LogP contribution in [0.1, 0.15) is 18.7 Å². The summed E-state index contributed by atoms with van der Waals surface area (Å²) in [6.07, 6.45) is 0. The molecule has 0 bridgehead atoms. The van der Waals surface area contributed by atoms with Gasteiger partial charge in [-0.2, -0.15) is 0 Å². The van der Waals surface area contributed by atoms with Crippen molar-refractivity contribution >= 4 is 5.82 Å². The molecule has 4 N–H and O–H groups in total. The summed E-state index contributed by atoms with van der Waals surface area (Å²) in [5.41, 5.74) is 11.8. The monoisotopic (exact) mass is 137 g/mol. The third-order valence-corrected chi connectivity index (χ3v) is 1.26. The van der Waals surface area contributed by atoms with Gasteiger partial charge in [0.15, 0.2) is 0 Å². The number of pyridine rings is 1. The Balaban J connectivity index is 2.96. The molecule has 0 fully saturated rings. The van der Waals surface area contributed by atoms with Gasteiger partial charge in [0.25, 0.3) is 0 Å². The SMILES string of the molecule is C[C@@H](N)c1cccc(N)n1. The van der Waals surface area contributed by atoms with Crippen LogP contribution >= 0.6 is 0 Å². The summed E-state index contributed by atoms with van der Waals surface area (Å²) in [7, 11) is 0. The largest absolute Gasteiger partial charge is 0.384 e. The lowest BCUT2D eigenvalue weighted by Gasteiger charge is -2.03. The predicted octanol–water partition coefficient (Wildman–Crippen LogP) is 0.684. The molecule has 10 heavy (non-hydrogen) atoms. The zero-order valence-electron chi connectivity index (χ0n) is 5.91. The number of hydrogen-bond acceptors (Lipinski definition) is 3. The van der Waals surface area contributed by atoms with E-state index in [-0.39, 0.29) is 6.04 Å². The summed E-state index contributed by atoms with van der Waals surface area (Å²) in [5, 5.41) is 0. The second-order valence-corrected chi connectivity index (χ2v) is 2.28. The van der Waals surface area contributed by atoms with Gasteiger partial charge in [0, 0.05) is 6.04 Å². The van der Waals surface area contributed by atoms with Crippen LogP contribution in [0.2, 0.25) is 0 Å². The molecule has 1 rings (SSSR count). The van der Waals surface area contributed by atoms with E-state index in [4.69, 9.17) is 11.5 Å². The molecule has 0 saturated heterocycles. The van der Waals surface area contributed by atoms with Crippen LogP contribution in [-0.4, -0.2) is 4.98 Å². The van der Waals surface area contributed by atoms with E-state index in [0.29, 0.717) is 5.82 Å². The predicted molar refractivity (Wildman–Crippen MR) is 41.3 cm³/mol. The van der Waals surface area contributed by atoms with Gasteiger partial charge in [-0.15, -0.1) is 0 Å². The van der Waals surface area contributed by atoms with Gasteiger partial charge in [0.1, 0.15) is 5.82 Å². The normalized spacial score (nSPS) is 13.0. The number of nitrogens with zero attached hydrogens (tertiary/aromatic N) is 1. The maximum absolute atomic E-state index is 5.56. The number of nitrogens with two attached hydrogens (primary N) is 2. The van der Waals surface area contributed by atoms with Crippen LogP contribution in [0, 0.1) is 0 Å². The van der Waals surface area contributed by atoms with E-state index in [2.05, 4.69) is 4.98 Å². The Morgan fingerprint density at radius 1 is 1.50 bits per heavy atom. The zero-order chi connectivity index (χ0) is 7.56. The molecule has 1 atom stereocenters. The fraction of sp³-hybridized carbons (Fsp3) is 0.286. The Bertz CT molecular complexity index is 220. The van der Waals surface area contributed by atoms with Gasteiger partial charge >= 0.3 is 0 Å². The number of anilines is 1. The van der Waals surface area contributed by atoms with E-state index in [1.807, 2.05) is 19.1 Å². The molecular formula is C7H11N3. The van der Waals surface area contributed by atoms with Crippen molar-refractivity contribution in [1.82, 2.24) is 4.98 Å². The molecule has 0 aliphatic heterocycles. The Morgan fingerprint density at radius 3 is 2.60 bits per heavy atom. The van der Waals surface area contributed by atoms with Crippen LogP contribution < -0.4 is 11.5 Å². The molecule has 1 aromatic heterocycles. The van der Waals surface area contributed by atoms with Crippen LogP contribution in [0.25, 0.3) is 0 Å². The molecule has 0 aliphatic carbocycles. The summed E-state index contributed by atoms with van der Waals surface area (Å²) in [4.78, 5) is 4.03. The molecule has 0 saturated carbocycles. The second kappa shape index (κ2) is 2.66. The van der Waals surface area contributed by atoms with E-state index in [9.17, 15) is 0 Å².